The fraction of sp³-hybridized carbons (Fsp3) is 0.370. The summed E-state index contributed by atoms with van der Waals surface area (Å²) in [7, 11) is 1.84. The zero-order chi connectivity index (χ0) is 24.2. The van der Waals surface area contributed by atoms with E-state index in [0.717, 1.165) is 61.2 Å². The maximum absolute atomic E-state index is 13.4. The van der Waals surface area contributed by atoms with Gasteiger partial charge in [-0.1, -0.05) is 18.2 Å². The largest absolute Gasteiger partial charge is 0.379 e. The second-order valence-electron chi connectivity index (χ2n) is 9.20. The number of aromatic amines is 1. The highest BCUT2D eigenvalue weighted by molar-refractivity contribution is 6.09. The number of hydrogen-bond acceptors (Lipinski definition) is 6. The van der Waals surface area contributed by atoms with Crippen LogP contribution in [0.15, 0.2) is 54.9 Å². The van der Waals surface area contributed by atoms with Crippen LogP contribution in [0, 0.1) is 5.92 Å². The third-order valence-corrected chi connectivity index (χ3v) is 6.83. The lowest BCUT2D eigenvalue weighted by Crippen LogP contribution is -2.44. The summed E-state index contributed by atoms with van der Waals surface area (Å²) in [6, 6.07) is 13.6. The highest BCUT2D eigenvalue weighted by atomic mass is 16.5. The molecule has 1 atom stereocenters. The number of morpholine rings is 1. The molecule has 1 amide bonds. The Morgan fingerprint density at radius 3 is 2.63 bits per heavy atom. The third-order valence-electron chi connectivity index (χ3n) is 6.83. The van der Waals surface area contributed by atoms with Crippen LogP contribution in [0.5, 0.6) is 0 Å². The van der Waals surface area contributed by atoms with Crippen LogP contribution in [-0.4, -0.2) is 77.9 Å². The van der Waals surface area contributed by atoms with Crippen molar-refractivity contribution in [3.63, 3.8) is 0 Å². The van der Waals surface area contributed by atoms with E-state index in [9.17, 15) is 9.59 Å². The highest BCUT2D eigenvalue weighted by Gasteiger charge is 2.36. The number of ether oxygens (including phenoxy) is 1. The first kappa shape index (κ1) is 23.3. The van der Waals surface area contributed by atoms with Gasteiger partial charge in [0.2, 0.25) is 5.91 Å². The lowest BCUT2D eigenvalue weighted by molar-refractivity contribution is -0.134. The molecule has 35 heavy (non-hydrogen) atoms. The molecule has 8 heteroatoms. The fourth-order valence-corrected chi connectivity index (χ4v) is 4.90. The predicted molar refractivity (Wildman–Crippen MR) is 135 cm³/mol. The minimum atomic E-state index is -0.363. The van der Waals surface area contributed by atoms with Crippen LogP contribution in [0.3, 0.4) is 0 Å². The maximum Gasteiger partial charge on any atom is 0.226 e. The number of likely N-dealkylation sites (N-methyl/N-ethyl adjacent to an activating group) is 1. The van der Waals surface area contributed by atoms with Crippen molar-refractivity contribution < 1.29 is 14.3 Å². The second kappa shape index (κ2) is 10.4. The summed E-state index contributed by atoms with van der Waals surface area (Å²) in [5, 5.41) is 3.45. The van der Waals surface area contributed by atoms with E-state index in [0.29, 0.717) is 18.5 Å². The number of benzene rings is 1. The smallest absolute Gasteiger partial charge is 0.226 e. The molecule has 2 aliphatic rings. The maximum atomic E-state index is 13.4. The molecule has 0 bridgehead atoms. The SMILES string of the molecule is CN(CCN1CCOCC1)C(=O)C1CC(=O)c2c([nH]c(-c3ccncc3)c2Nc2ccccc2)C1. The first-order valence-electron chi connectivity index (χ1n) is 12.2. The number of nitrogens with one attached hydrogen (secondary N) is 2. The molecular weight excluding hydrogens is 442 g/mol. The number of rotatable bonds is 7. The van der Waals surface area contributed by atoms with Gasteiger partial charge in [-0.3, -0.25) is 19.5 Å². The molecule has 0 saturated carbocycles. The molecule has 1 unspecified atom stereocenters. The Kier molecular flexibility index (Phi) is 6.92. The Balaban J connectivity index is 1.38. The Morgan fingerprint density at radius 2 is 1.89 bits per heavy atom. The van der Waals surface area contributed by atoms with Gasteiger partial charge in [0.15, 0.2) is 5.78 Å². The topological polar surface area (TPSA) is 90.6 Å². The van der Waals surface area contributed by atoms with E-state index in [1.807, 2.05) is 49.5 Å². The minimum absolute atomic E-state index is 0.0128. The molecule has 5 rings (SSSR count). The molecule has 3 aromatic rings. The summed E-state index contributed by atoms with van der Waals surface area (Å²) >= 11 is 0. The number of hydrogen-bond donors (Lipinski definition) is 2. The Hall–Kier alpha value is -3.49. The van der Waals surface area contributed by atoms with Gasteiger partial charge in [-0.05, 0) is 24.3 Å². The molecule has 3 heterocycles. The van der Waals surface area contributed by atoms with Crippen molar-refractivity contribution in [2.75, 3.05) is 51.8 Å². The molecule has 2 aromatic heterocycles. The summed E-state index contributed by atoms with van der Waals surface area (Å²) in [5.74, 6) is -0.353. The van der Waals surface area contributed by atoms with E-state index >= 15 is 0 Å². The molecule has 182 valence electrons. The van der Waals surface area contributed by atoms with Gasteiger partial charge in [-0.25, -0.2) is 0 Å². The first-order chi connectivity index (χ1) is 17.1. The quantitative estimate of drug-likeness (QED) is 0.547. The number of amides is 1. The number of ketones is 1. The second-order valence-corrected chi connectivity index (χ2v) is 9.20. The van der Waals surface area contributed by atoms with Gasteiger partial charge in [0.25, 0.3) is 0 Å². The zero-order valence-corrected chi connectivity index (χ0v) is 20.0. The summed E-state index contributed by atoms with van der Waals surface area (Å²) in [6.07, 6.45) is 4.19. The highest BCUT2D eigenvalue weighted by Crippen LogP contribution is 2.40. The Bertz CT molecular complexity index is 1170. The van der Waals surface area contributed by atoms with Gasteiger partial charge in [0.1, 0.15) is 0 Å². The van der Waals surface area contributed by atoms with Crippen LogP contribution in [0.25, 0.3) is 11.3 Å². The molecule has 0 radical (unpaired) electrons. The van der Waals surface area contributed by atoms with Crippen molar-refractivity contribution in [1.82, 2.24) is 19.8 Å². The van der Waals surface area contributed by atoms with Crippen LogP contribution in [0.1, 0.15) is 22.5 Å². The molecular formula is C27H31N5O3. The Morgan fingerprint density at radius 1 is 1.14 bits per heavy atom. The van der Waals surface area contributed by atoms with E-state index in [-0.39, 0.29) is 24.0 Å². The van der Waals surface area contributed by atoms with E-state index in [1.165, 1.54) is 0 Å². The molecule has 1 aliphatic carbocycles. The average Bonchev–Trinajstić information content (AvgIpc) is 3.27. The van der Waals surface area contributed by atoms with Gasteiger partial charge in [-0.2, -0.15) is 0 Å². The number of H-pyrrole nitrogens is 1. The third kappa shape index (κ3) is 5.13. The number of fused-ring (bicyclic) bond motifs is 1. The fourth-order valence-electron chi connectivity index (χ4n) is 4.90. The summed E-state index contributed by atoms with van der Waals surface area (Å²) < 4.78 is 5.40. The first-order valence-corrected chi connectivity index (χ1v) is 12.2. The summed E-state index contributed by atoms with van der Waals surface area (Å²) in [6.45, 7) is 4.73. The number of carbonyl (C=O) groups is 2. The van der Waals surface area contributed by atoms with Crippen LogP contribution in [0.4, 0.5) is 11.4 Å². The molecule has 1 fully saturated rings. The average molecular weight is 474 g/mol. The number of anilines is 2. The summed E-state index contributed by atoms with van der Waals surface area (Å²) in [5.41, 5.74) is 4.90. The molecule has 8 nitrogen and oxygen atoms in total. The monoisotopic (exact) mass is 473 g/mol. The van der Waals surface area contributed by atoms with E-state index in [4.69, 9.17) is 4.74 Å². The van der Waals surface area contributed by atoms with Gasteiger partial charge >= 0.3 is 0 Å². The van der Waals surface area contributed by atoms with Crippen molar-refractivity contribution in [3.05, 3.63) is 66.1 Å². The standard InChI is InChI=1S/C27H31N5O3/c1-31(11-12-32-13-15-35-16-14-32)27(34)20-17-22-24(23(33)18-20)26(29-21-5-3-2-4-6-21)25(30-22)19-7-9-28-10-8-19/h2-10,20,29-30H,11-18H2,1H3. The lowest BCUT2D eigenvalue weighted by Gasteiger charge is -2.30. The number of pyridine rings is 1. The van der Waals surface area contributed by atoms with Gasteiger partial charge in [0, 0.05) is 75.4 Å². The Labute approximate surface area is 205 Å². The molecule has 0 spiro atoms. The number of carbonyl (C=O) groups excluding carboxylic acids is 2. The van der Waals surface area contributed by atoms with Crippen LogP contribution in [0.2, 0.25) is 0 Å². The zero-order valence-electron chi connectivity index (χ0n) is 20.0. The van der Waals surface area contributed by atoms with E-state index in [2.05, 4.69) is 20.2 Å². The van der Waals surface area contributed by atoms with Crippen LogP contribution in [-0.2, 0) is 16.0 Å². The van der Waals surface area contributed by atoms with E-state index in [1.54, 1.807) is 17.3 Å². The predicted octanol–water partition coefficient (Wildman–Crippen LogP) is 3.36. The van der Waals surface area contributed by atoms with Crippen molar-refractivity contribution in [3.8, 4) is 11.3 Å². The van der Waals surface area contributed by atoms with Crippen molar-refractivity contribution in [2.24, 2.45) is 5.92 Å². The molecule has 1 aliphatic heterocycles. The van der Waals surface area contributed by atoms with Crippen LogP contribution >= 0.6 is 0 Å². The van der Waals surface area contributed by atoms with Crippen molar-refractivity contribution in [1.29, 1.82) is 0 Å². The molecule has 1 saturated heterocycles. The van der Waals surface area contributed by atoms with Gasteiger partial charge in [0.05, 0.1) is 36.1 Å². The van der Waals surface area contributed by atoms with Crippen molar-refractivity contribution >= 4 is 23.1 Å². The van der Waals surface area contributed by atoms with Crippen molar-refractivity contribution in [2.45, 2.75) is 12.8 Å². The van der Waals surface area contributed by atoms with Crippen LogP contribution < -0.4 is 5.32 Å². The number of Topliss-reactive ketones (excluding diaryl/α,β-unsaturated/α-hetero) is 1. The molecule has 1 aromatic carbocycles. The molecule has 2 N–H and O–H groups in total. The normalized spacial score (nSPS) is 18.2. The number of para-hydroxylation sites is 1. The van der Waals surface area contributed by atoms with Gasteiger partial charge < -0.3 is 19.9 Å². The number of aromatic nitrogens is 2. The minimum Gasteiger partial charge on any atom is -0.379 e. The van der Waals surface area contributed by atoms with Gasteiger partial charge in [-0.15, -0.1) is 0 Å². The lowest BCUT2D eigenvalue weighted by atomic mass is 9.85. The van der Waals surface area contributed by atoms with E-state index < -0.39 is 0 Å². The summed E-state index contributed by atoms with van der Waals surface area (Å²) in [4.78, 5) is 38.4. The number of nitrogens with zero attached hydrogens (tertiary/aromatic N) is 3.